The van der Waals surface area contributed by atoms with E-state index < -0.39 is 5.92 Å². The van der Waals surface area contributed by atoms with E-state index in [9.17, 15) is 4.79 Å². The fourth-order valence-electron chi connectivity index (χ4n) is 9.73. The minimum atomic E-state index is -3.16. The standard InChI is InChI=1S/C44H39F2N5O2/c45-44(46)33-19-26(27-9-13-36-38(21-27)50-41(49-36)40-29-6-10-30(18-29)47-40)7-11-31(33)32-12-8-28(20-34(32)44)35-14-15-37(48-35)39-22-43(16-17-43)24-51(39)42(52)53-23-25-4-2-1-3-5-25/h1-5,7-9,11-15,19-21,29-30,39-40,47-48H,6,10,16-18,22-24H2,(H,49,50)/t29-,30+,39-,40-/m0/s1. The van der Waals surface area contributed by atoms with Gasteiger partial charge in [-0.3, -0.25) is 4.90 Å². The highest BCUT2D eigenvalue weighted by Crippen LogP contribution is 2.59. The molecule has 5 aliphatic rings. The molecule has 2 bridgehead atoms. The van der Waals surface area contributed by atoms with Gasteiger partial charge in [-0.05, 0) is 120 Å². The van der Waals surface area contributed by atoms with Gasteiger partial charge in [0.25, 0.3) is 5.92 Å². The SMILES string of the molecule is O=C(OCc1ccccc1)N1CC2(CC2)C[C@H]1c1ccc(-c2ccc3c(c2)C(F)(F)c2cc(-c4ccc5nc([C@H]6N[C@@H]7CC[C@H]6C7)[nH]c5c4)ccc2-3)[nH]1. The maximum Gasteiger partial charge on any atom is 0.410 e. The molecule has 4 fully saturated rings. The summed E-state index contributed by atoms with van der Waals surface area (Å²) < 4.78 is 38.6. The number of hydrogen-bond acceptors (Lipinski definition) is 4. The number of benzene rings is 4. The number of halogens is 2. The highest BCUT2D eigenvalue weighted by atomic mass is 19.3. The number of piperidine rings is 1. The Balaban J connectivity index is 0.849. The summed E-state index contributed by atoms with van der Waals surface area (Å²) in [6.07, 6.45) is 6.41. The van der Waals surface area contributed by atoms with Crippen molar-refractivity contribution in [2.75, 3.05) is 6.54 Å². The molecule has 6 aromatic rings. The molecule has 2 aliphatic heterocycles. The molecule has 11 rings (SSSR count). The van der Waals surface area contributed by atoms with E-state index in [1.165, 1.54) is 19.3 Å². The van der Waals surface area contributed by atoms with Gasteiger partial charge in [0, 0.05) is 35.1 Å². The Kier molecular flexibility index (Phi) is 6.70. The molecule has 3 N–H and O–H groups in total. The Bertz CT molecular complexity index is 2430. The Labute approximate surface area is 305 Å². The van der Waals surface area contributed by atoms with E-state index in [0.29, 0.717) is 35.2 Å². The third-order valence-electron chi connectivity index (χ3n) is 12.8. The maximum absolute atomic E-state index is 16.4. The molecule has 1 amide bonds. The van der Waals surface area contributed by atoms with E-state index in [2.05, 4.69) is 15.3 Å². The van der Waals surface area contributed by atoms with Gasteiger partial charge >= 0.3 is 6.09 Å². The van der Waals surface area contributed by atoms with Gasteiger partial charge in [0.15, 0.2) is 0 Å². The van der Waals surface area contributed by atoms with Gasteiger partial charge in [-0.1, -0.05) is 60.7 Å². The van der Waals surface area contributed by atoms with Gasteiger partial charge in [-0.2, -0.15) is 8.78 Å². The minimum absolute atomic E-state index is 0.00856. The van der Waals surface area contributed by atoms with Crippen molar-refractivity contribution in [1.82, 2.24) is 25.2 Å². The molecule has 0 unspecified atom stereocenters. The largest absolute Gasteiger partial charge is 0.445 e. The molecule has 0 radical (unpaired) electrons. The lowest BCUT2D eigenvalue weighted by Gasteiger charge is -2.23. The van der Waals surface area contributed by atoms with Crippen LogP contribution in [-0.4, -0.2) is 38.5 Å². The minimum Gasteiger partial charge on any atom is -0.445 e. The Morgan fingerprint density at radius 2 is 1.60 bits per heavy atom. The molecule has 2 aromatic heterocycles. The first-order valence-electron chi connectivity index (χ1n) is 18.9. The molecule has 4 heterocycles. The van der Waals surface area contributed by atoms with Crippen molar-refractivity contribution >= 4 is 17.1 Å². The highest BCUT2D eigenvalue weighted by molar-refractivity contribution is 5.87. The van der Waals surface area contributed by atoms with Crippen LogP contribution in [0.3, 0.4) is 0 Å². The van der Waals surface area contributed by atoms with Crippen molar-refractivity contribution in [3.05, 3.63) is 125 Å². The first kappa shape index (κ1) is 31.3. The van der Waals surface area contributed by atoms with E-state index in [0.717, 1.165) is 64.2 Å². The lowest BCUT2D eigenvalue weighted by atomic mass is 9.98. The Morgan fingerprint density at radius 1 is 0.849 bits per heavy atom. The predicted octanol–water partition coefficient (Wildman–Crippen LogP) is 10.0. The topological polar surface area (TPSA) is 86.0 Å². The van der Waals surface area contributed by atoms with Gasteiger partial charge < -0.3 is 20.0 Å². The summed E-state index contributed by atoms with van der Waals surface area (Å²) in [5.41, 5.74) is 8.00. The lowest BCUT2D eigenvalue weighted by Crippen LogP contribution is -2.32. The second-order valence-corrected chi connectivity index (χ2v) is 16.1. The van der Waals surface area contributed by atoms with Crippen molar-refractivity contribution in [3.63, 3.8) is 0 Å². The molecule has 9 heteroatoms. The number of aromatic nitrogens is 3. The molecule has 266 valence electrons. The van der Waals surface area contributed by atoms with Gasteiger partial charge in [0.1, 0.15) is 12.4 Å². The number of H-pyrrole nitrogens is 2. The summed E-state index contributed by atoms with van der Waals surface area (Å²) >= 11 is 0. The smallest absolute Gasteiger partial charge is 0.410 e. The zero-order chi connectivity index (χ0) is 35.5. The van der Waals surface area contributed by atoms with Crippen LogP contribution < -0.4 is 5.32 Å². The molecule has 1 spiro atoms. The number of hydrogen-bond donors (Lipinski definition) is 3. The summed E-state index contributed by atoms with van der Waals surface area (Å²) in [7, 11) is 0. The average molecular weight is 708 g/mol. The molecule has 7 nitrogen and oxygen atoms in total. The number of nitrogens with one attached hydrogen (secondary N) is 3. The summed E-state index contributed by atoms with van der Waals surface area (Å²) in [5.74, 6) is -1.57. The summed E-state index contributed by atoms with van der Waals surface area (Å²) in [6.45, 7) is 0.888. The molecular weight excluding hydrogens is 669 g/mol. The number of alkyl halides is 2. The number of fused-ring (bicyclic) bond motifs is 6. The number of likely N-dealkylation sites (tertiary alicyclic amines) is 1. The van der Waals surface area contributed by atoms with E-state index >= 15 is 8.78 Å². The molecule has 2 saturated carbocycles. The van der Waals surface area contributed by atoms with Gasteiger partial charge in [0.05, 0.1) is 23.1 Å². The van der Waals surface area contributed by atoms with Crippen LogP contribution >= 0.6 is 0 Å². The zero-order valence-electron chi connectivity index (χ0n) is 29.2. The van der Waals surface area contributed by atoms with Crippen LogP contribution in [0, 0.1) is 11.3 Å². The monoisotopic (exact) mass is 707 g/mol. The summed E-state index contributed by atoms with van der Waals surface area (Å²) in [4.78, 5) is 27.1. The number of nitrogens with zero attached hydrogens (tertiary/aromatic N) is 2. The van der Waals surface area contributed by atoms with E-state index in [1.54, 1.807) is 12.1 Å². The van der Waals surface area contributed by atoms with Crippen molar-refractivity contribution in [3.8, 4) is 33.5 Å². The maximum atomic E-state index is 16.4. The number of ether oxygens (including phenoxy) is 1. The molecule has 4 aromatic carbocycles. The fourth-order valence-corrected chi connectivity index (χ4v) is 9.73. The van der Waals surface area contributed by atoms with Gasteiger partial charge in [0.2, 0.25) is 0 Å². The quantitative estimate of drug-likeness (QED) is 0.161. The average Bonchev–Trinajstić information content (AvgIpc) is 3.84. The van der Waals surface area contributed by atoms with Crippen LogP contribution in [0.2, 0.25) is 0 Å². The van der Waals surface area contributed by atoms with Crippen molar-refractivity contribution in [2.45, 2.75) is 69.2 Å². The number of carbonyl (C=O) groups excluding carboxylic acids is 1. The number of amides is 1. The number of carbonyl (C=O) groups is 1. The second-order valence-electron chi connectivity index (χ2n) is 16.1. The number of aromatic amines is 2. The van der Waals surface area contributed by atoms with Crippen LogP contribution in [0.25, 0.3) is 44.5 Å². The van der Waals surface area contributed by atoms with Crippen LogP contribution in [0.15, 0.2) is 97.1 Å². The van der Waals surface area contributed by atoms with Crippen LogP contribution in [-0.2, 0) is 17.3 Å². The van der Waals surface area contributed by atoms with Crippen molar-refractivity contribution in [2.24, 2.45) is 11.3 Å². The highest BCUT2D eigenvalue weighted by Gasteiger charge is 2.54. The summed E-state index contributed by atoms with van der Waals surface area (Å²) in [6, 6.07) is 31.0. The van der Waals surface area contributed by atoms with Crippen LogP contribution in [0.1, 0.15) is 78.8 Å². The molecule has 4 atom stereocenters. The number of imidazole rings is 1. The van der Waals surface area contributed by atoms with E-state index in [4.69, 9.17) is 9.72 Å². The second kappa shape index (κ2) is 11.4. The van der Waals surface area contributed by atoms with E-state index in [-0.39, 0.29) is 41.3 Å². The van der Waals surface area contributed by atoms with Gasteiger partial charge in [-0.25, -0.2) is 9.78 Å². The fraction of sp³-hybridized carbons (Fsp3) is 0.318. The third kappa shape index (κ3) is 5.07. The zero-order valence-corrected chi connectivity index (χ0v) is 29.2. The van der Waals surface area contributed by atoms with Crippen LogP contribution in [0.4, 0.5) is 13.6 Å². The molecule has 3 aliphatic carbocycles. The summed E-state index contributed by atoms with van der Waals surface area (Å²) in [5, 5.41) is 3.71. The predicted molar refractivity (Wildman–Crippen MR) is 199 cm³/mol. The third-order valence-corrected chi connectivity index (χ3v) is 12.8. The lowest BCUT2D eigenvalue weighted by molar-refractivity contribution is 0.0481. The van der Waals surface area contributed by atoms with Crippen molar-refractivity contribution in [1.29, 1.82) is 0 Å². The Hall–Kier alpha value is -5.28. The molecule has 2 saturated heterocycles. The normalized spacial score (nSPS) is 24.2. The van der Waals surface area contributed by atoms with Crippen LogP contribution in [0.5, 0.6) is 0 Å². The van der Waals surface area contributed by atoms with Crippen molar-refractivity contribution < 1.29 is 18.3 Å². The molecular formula is C44H39F2N5O2. The first-order chi connectivity index (χ1) is 25.8. The van der Waals surface area contributed by atoms with Gasteiger partial charge in [-0.15, -0.1) is 0 Å². The van der Waals surface area contributed by atoms with E-state index in [1.807, 2.05) is 89.8 Å². The first-order valence-corrected chi connectivity index (χ1v) is 18.9. The number of rotatable bonds is 6. The molecule has 53 heavy (non-hydrogen) atoms. The Morgan fingerprint density at radius 3 is 2.36 bits per heavy atom.